The van der Waals surface area contributed by atoms with Gasteiger partial charge in [-0.3, -0.25) is 0 Å². The van der Waals surface area contributed by atoms with Crippen molar-refractivity contribution in [2.24, 2.45) is 0 Å². The van der Waals surface area contributed by atoms with E-state index >= 15 is 0 Å². The first kappa shape index (κ1) is 27.4. The molecule has 0 saturated heterocycles. The lowest BCUT2D eigenvalue weighted by atomic mass is 9.68. The lowest BCUT2D eigenvalue weighted by Crippen LogP contribution is -2.28. The number of para-hydroxylation sites is 1. The van der Waals surface area contributed by atoms with E-state index < -0.39 is 5.41 Å². The van der Waals surface area contributed by atoms with Crippen LogP contribution in [0.4, 0.5) is 11.4 Å². The molecule has 1 aliphatic carbocycles. The monoisotopic (exact) mass is 565 g/mol. The summed E-state index contributed by atoms with van der Waals surface area (Å²) in [6, 6.07) is 59.2. The highest BCUT2D eigenvalue weighted by Gasteiger charge is 2.45. The third kappa shape index (κ3) is 4.68. The van der Waals surface area contributed by atoms with Crippen molar-refractivity contribution in [3.05, 3.63) is 209 Å². The molecule has 0 fully saturated rings. The molecule has 0 heterocycles. The zero-order valence-corrected chi connectivity index (χ0v) is 25.2. The van der Waals surface area contributed by atoms with Gasteiger partial charge in [0.1, 0.15) is 0 Å². The number of benzene rings is 6. The summed E-state index contributed by atoms with van der Waals surface area (Å²) in [5, 5.41) is 0. The topological polar surface area (TPSA) is 3.24 Å². The zero-order chi connectivity index (χ0) is 29.9. The fourth-order valence-corrected chi connectivity index (χ4v) is 6.82. The molecule has 212 valence electrons. The van der Waals surface area contributed by atoms with Gasteiger partial charge in [-0.25, -0.2) is 0 Å². The third-order valence-electron chi connectivity index (χ3n) is 8.89. The molecule has 6 aromatic carbocycles. The van der Waals surface area contributed by atoms with Gasteiger partial charge >= 0.3 is 0 Å². The van der Waals surface area contributed by atoms with Crippen LogP contribution in [0.25, 0.3) is 16.7 Å². The van der Waals surface area contributed by atoms with Gasteiger partial charge in [0.05, 0.1) is 5.41 Å². The molecule has 0 aliphatic heterocycles. The second-order valence-electron chi connectivity index (χ2n) is 11.4. The average molecular weight is 566 g/mol. The van der Waals surface area contributed by atoms with Crippen LogP contribution >= 0.6 is 0 Å². The Kier molecular flexibility index (Phi) is 7.30. The average Bonchev–Trinajstić information content (AvgIpc) is 3.40. The van der Waals surface area contributed by atoms with Crippen LogP contribution in [0.3, 0.4) is 0 Å². The molecular weight excluding hydrogens is 530 g/mol. The van der Waals surface area contributed by atoms with Gasteiger partial charge in [0.15, 0.2) is 0 Å². The van der Waals surface area contributed by atoms with Crippen LogP contribution in [0.15, 0.2) is 182 Å². The van der Waals surface area contributed by atoms with E-state index in [0.29, 0.717) is 0 Å². The lowest BCUT2D eigenvalue weighted by Gasteiger charge is -2.34. The Morgan fingerprint density at radius 2 is 0.909 bits per heavy atom. The highest BCUT2D eigenvalue weighted by molar-refractivity contribution is 5.86. The first-order valence-corrected chi connectivity index (χ1v) is 15.3. The molecule has 7 rings (SSSR count). The molecule has 0 N–H and O–H groups in total. The number of rotatable bonds is 7. The van der Waals surface area contributed by atoms with E-state index in [1.807, 2.05) is 0 Å². The van der Waals surface area contributed by atoms with Crippen molar-refractivity contribution >= 4 is 16.9 Å². The van der Waals surface area contributed by atoms with Gasteiger partial charge in [-0.2, -0.15) is 0 Å². The Labute approximate surface area is 261 Å². The molecule has 0 saturated carbocycles. The normalized spacial score (nSPS) is 13.7. The minimum Gasteiger partial charge on any atom is -0.315 e. The first-order chi connectivity index (χ1) is 21.7. The Hall–Kier alpha value is -5.40. The molecule has 1 heteroatoms. The maximum absolute atomic E-state index is 2.34. The predicted molar refractivity (Wildman–Crippen MR) is 186 cm³/mol. The third-order valence-corrected chi connectivity index (χ3v) is 8.89. The standard InChI is InChI=1S/C43H35N/c1-32(34-16-6-3-7-17-34)26-27-33(2)44(37-20-10-5-11-21-37)38-30-28-36(29-31-38)43(35-18-8-4-9-19-35)41-24-14-12-22-39(41)40-23-13-15-25-42(40)43/h3-31H,1-2H3/b32-26+,33-27+. The molecule has 0 amide bonds. The van der Waals surface area contributed by atoms with Gasteiger partial charge in [-0.15, -0.1) is 0 Å². The molecule has 0 bridgehead atoms. The summed E-state index contributed by atoms with van der Waals surface area (Å²) in [4.78, 5) is 2.34. The van der Waals surface area contributed by atoms with E-state index in [1.54, 1.807) is 0 Å². The molecule has 0 radical (unpaired) electrons. The molecule has 0 unspecified atom stereocenters. The number of hydrogen-bond donors (Lipinski definition) is 0. The van der Waals surface area contributed by atoms with Crippen molar-refractivity contribution in [3.63, 3.8) is 0 Å². The van der Waals surface area contributed by atoms with Crippen molar-refractivity contribution < 1.29 is 0 Å². The Morgan fingerprint density at radius 3 is 1.50 bits per heavy atom. The van der Waals surface area contributed by atoms with Crippen molar-refractivity contribution in [1.82, 2.24) is 0 Å². The second-order valence-corrected chi connectivity index (χ2v) is 11.4. The maximum Gasteiger partial charge on any atom is 0.0713 e. The highest BCUT2D eigenvalue weighted by atomic mass is 15.1. The van der Waals surface area contributed by atoms with Crippen molar-refractivity contribution in [1.29, 1.82) is 0 Å². The summed E-state index contributed by atoms with van der Waals surface area (Å²) in [5.74, 6) is 0. The molecule has 0 atom stereocenters. The van der Waals surface area contributed by atoms with Crippen LogP contribution in [-0.2, 0) is 5.41 Å². The number of hydrogen-bond acceptors (Lipinski definition) is 1. The maximum atomic E-state index is 2.34. The molecule has 0 aromatic heterocycles. The quantitative estimate of drug-likeness (QED) is 0.174. The minimum atomic E-state index is -0.398. The number of anilines is 2. The lowest BCUT2D eigenvalue weighted by molar-refractivity contribution is 0.768. The van der Waals surface area contributed by atoms with Crippen LogP contribution in [-0.4, -0.2) is 0 Å². The van der Waals surface area contributed by atoms with Gasteiger partial charge in [-0.05, 0) is 88.7 Å². The fraction of sp³-hybridized carbons (Fsp3) is 0.0698. The van der Waals surface area contributed by atoms with E-state index in [-0.39, 0.29) is 0 Å². The first-order valence-electron chi connectivity index (χ1n) is 15.3. The minimum absolute atomic E-state index is 0.398. The molecule has 1 aliphatic rings. The zero-order valence-electron chi connectivity index (χ0n) is 25.2. The summed E-state index contributed by atoms with van der Waals surface area (Å²) < 4.78 is 0. The summed E-state index contributed by atoms with van der Waals surface area (Å²) in [7, 11) is 0. The van der Waals surface area contributed by atoms with Gasteiger partial charge in [0.2, 0.25) is 0 Å². The van der Waals surface area contributed by atoms with Crippen LogP contribution in [0.1, 0.15) is 41.7 Å². The smallest absolute Gasteiger partial charge is 0.0713 e. The van der Waals surface area contributed by atoms with E-state index in [4.69, 9.17) is 0 Å². The fourth-order valence-electron chi connectivity index (χ4n) is 6.82. The van der Waals surface area contributed by atoms with Crippen molar-refractivity contribution in [3.8, 4) is 11.1 Å². The van der Waals surface area contributed by atoms with E-state index in [1.165, 1.54) is 44.5 Å². The highest BCUT2D eigenvalue weighted by Crippen LogP contribution is 2.56. The SMILES string of the molecule is C/C(=C\C=C(/C)N(c1ccccc1)c1ccc(C2(c3ccccc3)c3ccccc3-c3ccccc32)cc1)c1ccccc1. The largest absolute Gasteiger partial charge is 0.315 e. The van der Waals surface area contributed by atoms with Crippen molar-refractivity contribution in [2.45, 2.75) is 19.3 Å². The Bertz CT molecular complexity index is 1900. The van der Waals surface area contributed by atoms with E-state index in [2.05, 4.69) is 195 Å². The van der Waals surface area contributed by atoms with Crippen LogP contribution in [0.2, 0.25) is 0 Å². The molecule has 1 nitrogen and oxygen atoms in total. The number of nitrogens with zero attached hydrogens (tertiary/aromatic N) is 1. The molecular formula is C43H35N. The summed E-state index contributed by atoms with van der Waals surface area (Å²) >= 11 is 0. The van der Waals surface area contributed by atoms with Gasteiger partial charge in [0, 0.05) is 17.1 Å². The van der Waals surface area contributed by atoms with Gasteiger partial charge in [0.25, 0.3) is 0 Å². The van der Waals surface area contributed by atoms with Crippen LogP contribution in [0, 0.1) is 0 Å². The molecule has 6 aromatic rings. The Morgan fingerprint density at radius 1 is 0.455 bits per heavy atom. The van der Waals surface area contributed by atoms with Crippen molar-refractivity contribution in [2.75, 3.05) is 4.90 Å². The van der Waals surface area contributed by atoms with E-state index in [0.717, 1.165) is 17.1 Å². The Balaban J connectivity index is 1.36. The summed E-state index contributed by atoms with van der Waals surface area (Å²) in [6.07, 6.45) is 4.43. The predicted octanol–water partition coefficient (Wildman–Crippen LogP) is 11.2. The van der Waals surface area contributed by atoms with E-state index in [9.17, 15) is 0 Å². The number of fused-ring (bicyclic) bond motifs is 3. The van der Waals surface area contributed by atoms with Gasteiger partial charge < -0.3 is 4.90 Å². The summed E-state index contributed by atoms with van der Waals surface area (Å²) in [6.45, 7) is 4.35. The van der Waals surface area contributed by atoms with Gasteiger partial charge in [-0.1, -0.05) is 146 Å². The second kappa shape index (κ2) is 11.7. The van der Waals surface area contributed by atoms with Crippen LogP contribution < -0.4 is 4.90 Å². The van der Waals surface area contributed by atoms with Crippen LogP contribution in [0.5, 0.6) is 0 Å². The number of allylic oxidation sites excluding steroid dienone is 4. The summed E-state index contributed by atoms with van der Waals surface area (Å²) in [5.41, 5.74) is 13.3. The molecule has 44 heavy (non-hydrogen) atoms. The molecule has 0 spiro atoms.